The standard InChI is InChI=1S/C18H23N3O3.ClH/c1-4-23-15-9-18(19,17(15,2)3)16(22)21-13-7-5-12(6-8-13)14-10-20-11-24-14;/h5-8,10-11,15H,4,9,19H2,1-3H3,(H,21,22);1H. The number of hydrogen-bond acceptors (Lipinski definition) is 5. The minimum atomic E-state index is -0.934. The van der Waals surface area contributed by atoms with Gasteiger partial charge in [-0.15, -0.1) is 12.4 Å². The molecular weight excluding hydrogens is 342 g/mol. The average molecular weight is 366 g/mol. The number of aromatic nitrogens is 1. The van der Waals surface area contributed by atoms with Gasteiger partial charge in [0.15, 0.2) is 12.2 Å². The van der Waals surface area contributed by atoms with Gasteiger partial charge in [-0.25, -0.2) is 4.98 Å². The molecule has 0 bridgehead atoms. The molecule has 1 aliphatic carbocycles. The number of benzene rings is 1. The quantitative estimate of drug-likeness (QED) is 0.848. The van der Waals surface area contributed by atoms with Crippen LogP contribution in [0, 0.1) is 5.41 Å². The van der Waals surface area contributed by atoms with Gasteiger partial charge < -0.3 is 20.2 Å². The number of amides is 1. The van der Waals surface area contributed by atoms with Crippen molar-refractivity contribution in [3.05, 3.63) is 36.9 Å². The number of oxazole rings is 1. The normalized spacial score (nSPS) is 24.1. The molecule has 3 rings (SSSR count). The van der Waals surface area contributed by atoms with Crippen molar-refractivity contribution in [1.29, 1.82) is 0 Å². The summed E-state index contributed by atoms with van der Waals surface area (Å²) in [4.78, 5) is 16.6. The lowest BCUT2D eigenvalue weighted by atomic mass is 9.54. The number of hydrogen-bond donors (Lipinski definition) is 2. The van der Waals surface area contributed by atoms with Crippen LogP contribution < -0.4 is 11.1 Å². The lowest BCUT2D eigenvalue weighted by molar-refractivity contribution is -0.166. The highest BCUT2D eigenvalue weighted by Gasteiger charge is 2.62. The Morgan fingerprint density at radius 3 is 2.60 bits per heavy atom. The first-order valence-electron chi connectivity index (χ1n) is 8.09. The van der Waals surface area contributed by atoms with E-state index < -0.39 is 11.0 Å². The summed E-state index contributed by atoms with van der Waals surface area (Å²) in [6, 6.07) is 7.39. The SMILES string of the molecule is CCOC1CC(N)(C(=O)Nc2ccc(-c3cnco3)cc2)C1(C)C.Cl. The van der Waals surface area contributed by atoms with Crippen molar-refractivity contribution in [2.75, 3.05) is 11.9 Å². The fourth-order valence-corrected chi connectivity index (χ4v) is 3.14. The maximum Gasteiger partial charge on any atom is 0.245 e. The van der Waals surface area contributed by atoms with Gasteiger partial charge in [-0.05, 0) is 31.2 Å². The van der Waals surface area contributed by atoms with E-state index >= 15 is 0 Å². The predicted molar refractivity (Wildman–Crippen MR) is 98.5 cm³/mol. The summed E-state index contributed by atoms with van der Waals surface area (Å²) >= 11 is 0. The highest BCUT2D eigenvalue weighted by Crippen LogP contribution is 2.50. The molecule has 1 saturated carbocycles. The van der Waals surface area contributed by atoms with E-state index in [-0.39, 0.29) is 24.4 Å². The average Bonchev–Trinajstić information content (AvgIpc) is 3.09. The summed E-state index contributed by atoms with van der Waals surface area (Å²) in [5, 5.41) is 2.91. The third-order valence-corrected chi connectivity index (χ3v) is 5.09. The summed E-state index contributed by atoms with van der Waals surface area (Å²) < 4.78 is 10.9. The molecule has 2 unspecified atom stereocenters. The van der Waals surface area contributed by atoms with Gasteiger partial charge in [-0.1, -0.05) is 13.8 Å². The number of halogens is 1. The zero-order valence-corrected chi connectivity index (χ0v) is 15.4. The summed E-state index contributed by atoms with van der Waals surface area (Å²) in [5.41, 5.74) is 6.64. The van der Waals surface area contributed by atoms with E-state index in [9.17, 15) is 4.79 Å². The summed E-state index contributed by atoms with van der Waals surface area (Å²) in [6.07, 6.45) is 3.56. The van der Waals surface area contributed by atoms with Crippen molar-refractivity contribution in [1.82, 2.24) is 4.98 Å². The van der Waals surface area contributed by atoms with Crippen molar-refractivity contribution < 1.29 is 13.9 Å². The van der Waals surface area contributed by atoms with Crippen molar-refractivity contribution >= 4 is 24.0 Å². The van der Waals surface area contributed by atoms with Crippen molar-refractivity contribution in [2.45, 2.75) is 38.8 Å². The third-order valence-electron chi connectivity index (χ3n) is 5.09. The largest absolute Gasteiger partial charge is 0.444 e. The van der Waals surface area contributed by atoms with Crippen LogP contribution >= 0.6 is 12.4 Å². The van der Waals surface area contributed by atoms with Crippen LogP contribution in [0.5, 0.6) is 0 Å². The number of nitrogens with zero attached hydrogens (tertiary/aromatic N) is 1. The number of ether oxygens (including phenoxy) is 1. The third kappa shape index (κ3) is 3.29. The lowest BCUT2D eigenvalue weighted by Gasteiger charge is -2.57. The fraction of sp³-hybridized carbons (Fsp3) is 0.444. The van der Waals surface area contributed by atoms with Gasteiger partial charge in [-0.2, -0.15) is 0 Å². The Bertz CT molecular complexity index is 716. The van der Waals surface area contributed by atoms with Crippen LogP contribution in [0.15, 0.2) is 41.3 Å². The number of nitrogens with one attached hydrogen (secondary N) is 1. The first-order chi connectivity index (χ1) is 11.4. The van der Waals surface area contributed by atoms with Crippen LogP contribution in [0.4, 0.5) is 5.69 Å². The highest BCUT2D eigenvalue weighted by atomic mass is 35.5. The van der Waals surface area contributed by atoms with Crippen LogP contribution in [-0.4, -0.2) is 29.1 Å². The Labute approximate surface area is 153 Å². The molecule has 1 aromatic carbocycles. The molecule has 1 amide bonds. The molecule has 2 aromatic rings. The summed E-state index contributed by atoms with van der Waals surface area (Å²) in [7, 11) is 0. The smallest absolute Gasteiger partial charge is 0.245 e. The van der Waals surface area contributed by atoms with Crippen LogP contribution in [0.3, 0.4) is 0 Å². The van der Waals surface area contributed by atoms with Gasteiger partial charge in [0.2, 0.25) is 5.91 Å². The topological polar surface area (TPSA) is 90.4 Å². The van der Waals surface area contributed by atoms with Gasteiger partial charge in [-0.3, -0.25) is 4.79 Å². The molecule has 1 aromatic heterocycles. The van der Waals surface area contributed by atoms with E-state index in [0.717, 1.165) is 5.56 Å². The molecule has 1 heterocycles. The number of carbonyl (C=O) groups excluding carboxylic acids is 1. The van der Waals surface area contributed by atoms with Gasteiger partial charge >= 0.3 is 0 Å². The van der Waals surface area contributed by atoms with Gasteiger partial charge in [0.25, 0.3) is 0 Å². The molecule has 3 N–H and O–H groups in total. The monoisotopic (exact) mass is 365 g/mol. The van der Waals surface area contributed by atoms with Crippen LogP contribution in [0.2, 0.25) is 0 Å². The Morgan fingerprint density at radius 1 is 1.40 bits per heavy atom. The van der Waals surface area contributed by atoms with Crippen molar-refractivity contribution in [3.8, 4) is 11.3 Å². The van der Waals surface area contributed by atoms with E-state index in [1.54, 1.807) is 6.20 Å². The maximum atomic E-state index is 12.7. The molecule has 136 valence electrons. The summed E-state index contributed by atoms with van der Waals surface area (Å²) in [6.45, 7) is 6.52. The van der Waals surface area contributed by atoms with Crippen molar-refractivity contribution in [3.63, 3.8) is 0 Å². The van der Waals surface area contributed by atoms with Gasteiger partial charge in [0.1, 0.15) is 5.54 Å². The Morgan fingerprint density at radius 2 is 2.08 bits per heavy atom. The Balaban J connectivity index is 0.00000225. The zero-order valence-electron chi connectivity index (χ0n) is 14.6. The molecule has 0 radical (unpaired) electrons. The predicted octanol–water partition coefficient (Wildman–Crippen LogP) is 3.23. The number of rotatable bonds is 5. The molecule has 0 spiro atoms. The molecule has 1 fully saturated rings. The highest BCUT2D eigenvalue weighted by molar-refractivity contribution is 5.99. The number of nitrogens with two attached hydrogens (primary N) is 1. The van der Waals surface area contributed by atoms with E-state index in [4.69, 9.17) is 14.9 Å². The molecule has 1 aliphatic rings. The zero-order chi connectivity index (χ0) is 17.4. The van der Waals surface area contributed by atoms with E-state index in [1.165, 1.54) is 6.39 Å². The molecule has 25 heavy (non-hydrogen) atoms. The van der Waals surface area contributed by atoms with Gasteiger partial charge in [0, 0.05) is 29.7 Å². The first kappa shape index (κ1) is 19.4. The van der Waals surface area contributed by atoms with Crippen molar-refractivity contribution in [2.24, 2.45) is 11.1 Å². The van der Waals surface area contributed by atoms with E-state index in [0.29, 0.717) is 24.5 Å². The Hall–Kier alpha value is -1.89. The Kier molecular flexibility index (Phi) is 5.56. The minimum absolute atomic E-state index is 0. The fourth-order valence-electron chi connectivity index (χ4n) is 3.14. The number of anilines is 1. The molecule has 7 heteroatoms. The second kappa shape index (κ2) is 7.15. The van der Waals surface area contributed by atoms with E-state index in [1.807, 2.05) is 45.0 Å². The summed E-state index contributed by atoms with van der Waals surface area (Å²) in [5.74, 6) is 0.499. The van der Waals surface area contributed by atoms with Crippen LogP contribution in [0.1, 0.15) is 27.2 Å². The lowest BCUT2D eigenvalue weighted by Crippen LogP contribution is -2.74. The van der Waals surface area contributed by atoms with Crippen LogP contribution in [-0.2, 0) is 9.53 Å². The maximum absolute atomic E-state index is 12.7. The molecule has 2 atom stereocenters. The van der Waals surface area contributed by atoms with Crippen LogP contribution in [0.25, 0.3) is 11.3 Å². The molecule has 6 nitrogen and oxygen atoms in total. The second-order valence-corrected chi connectivity index (χ2v) is 6.74. The second-order valence-electron chi connectivity index (χ2n) is 6.74. The first-order valence-corrected chi connectivity index (χ1v) is 8.09. The number of carbonyl (C=O) groups is 1. The van der Waals surface area contributed by atoms with E-state index in [2.05, 4.69) is 10.3 Å². The minimum Gasteiger partial charge on any atom is -0.444 e. The molecular formula is C18H24ClN3O3. The van der Waals surface area contributed by atoms with Gasteiger partial charge in [0.05, 0.1) is 12.3 Å². The molecule has 0 saturated heterocycles. The molecule has 0 aliphatic heterocycles.